The van der Waals surface area contributed by atoms with E-state index in [0.717, 1.165) is 73.5 Å². The molecule has 0 unspecified atom stereocenters. The van der Waals surface area contributed by atoms with Crippen LogP contribution in [-0.4, -0.2) is 6.71 Å². The third-order valence-corrected chi connectivity index (χ3v) is 10.1. The Morgan fingerprint density at radius 3 is 1.04 bits per heavy atom. The number of nitrogens with zero attached hydrogens (tertiary/aromatic N) is 2. The van der Waals surface area contributed by atoms with Gasteiger partial charge in [-0.05, 0) is 105 Å². The number of aryl methyl sites for hydroxylation is 4. The average Bonchev–Trinajstić information content (AvgIpc) is 3.16. The van der Waals surface area contributed by atoms with Crippen LogP contribution >= 0.6 is 0 Å². The molecule has 0 fully saturated rings. The van der Waals surface area contributed by atoms with Crippen molar-refractivity contribution in [1.29, 1.82) is 0 Å². The fourth-order valence-electron chi connectivity index (χ4n) is 7.40. The van der Waals surface area contributed by atoms with Gasteiger partial charge in [-0.1, -0.05) is 107 Å². The van der Waals surface area contributed by atoms with Gasteiger partial charge in [0.25, 0.3) is 6.71 Å². The van der Waals surface area contributed by atoms with Crippen LogP contribution in [0.3, 0.4) is 0 Å². The maximum absolute atomic E-state index is 7.08. The van der Waals surface area contributed by atoms with E-state index in [1.807, 2.05) is 0 Å². The van der Waals surface area contributed by atoms with E-state index >= 15 is 0 Å². The normalized spacial score (nSPS) is 12.2. The number of hydrogen-bond acceptors (Lipinski definition) is 4. The first-order valence-corrected chi connectivity index (χ1v) is 17.5. The molecule has 0 N–H and O–H groups in total. The van der Waals surface area contributed by atoms with Crippen molar-refractivity contribution in [3.8, 4) is 23.0 Å². The molecule has 246 valence electrons. The standard InChI is InChI=1S/C46H37BN2O2/c1-30-13-21-34(22-14-30)48(35-23-15-31(2)16-24-35)40-29-41(49(36-25-17-32(3)18-26-36)37-27-19-33(4)20-28-37)46-44-45(40)50-42-11-7-5-9-38(42)47(44)39-10-6-8-12-43(39)51-46/h5-29H,1-4H3. The van der Waals surface area contributed by atoms with Crippen LogP contribution in [0.25, 0.3) is 0 Å². The van der Waals surface area contributed by atoms with E-state index in [4.69, 9.17) is 9.47 Å². The highest BCUT2D eigenvalue weighted by molar-refractivity contribution is 6.98. The second-order valence-corrected chi connectivity index (χ2v) is 13.7. The topological polar surface area (TPSA) is 24.9 Å². The summed E-state index contributed by atoms with van der Waals surface area (Å²) in [5.41, 5.74) is 14.1. The summed E-state index contributed by atoms with van der Waals surface area (Å²) in [6.45, 7) is 8.41. The van der Waals surface area contributed by atoms with E-state index in [1.165, 1.54) is 22.3 Å². The molecule has 0 amide bonds. The molecule has 0 spiro atoms. The molecular weight excluding hydrogens is 623 g/mol. The summed E-state index contributed by atoms with van der Waals surface area (Å²) in [5.74, 6) is 3.29. The zero-order valence-electron chi connectivity index (χ0n) is 29.2. The van der Waals surface area contributed by atoms with Gasteiger partial charge in [0.1, 0.15) is 11.5 Å². The zero-order chi connectivity index (χ0) is 34.6. The Labute approximate surface area is 300 Å². The predicted molar refractivity (Wildman–Crippen MR) is 212 cm³/mol. The molecule has 7 aromatic rings. The lowest BCUT2D eigenvalue weighted by atomic mass is 9.34. The van der Waals surface area contributed by atoms with Crippen molar-refractivity contribution >= 4 is 57.2 Å². The van der Waals surface area contributed by atoms with E-state index in [-0.39, 0.29) is 6.71 Å². The SMILES string of the molecule is Cc1ccc(N(c2ccc(C)cc2)c2cc(N(c3ccc(C)cc3)c3ccc(C)cc3)c3c4c2Oc2ccccc2B4c2ccccc2O3)cc1. The first-order valence-electron chi connectivity index (χ1n) is 17.5. The lowest BCUT2D eigenvalue weighted by molar-refractivity contribution is 0.466. The van der Waals surface area contributed by atoms with Crippen molar-refractivity contribution in [1.82, 2.24) is 0 Å². The third-order valence-electron chi connectivity index (χ3n) is 10.1. The summed E-state index contributed by atoms with van der Waals surface area (Å²) in [5, 5.41) is 0. The minimum absolute atomic E-state index is 0.0978. The van der Waals surface area contributed by atoms with Crippen molar-refractivity contribution in [3.05, 3.63) is 174 Å². The predicted octanol–water partition coefficient (Wildman–Crippen LogP) is 10.6. The first kappa shape index (κ1) is 30.8. The zero-order valence-corrected chi connectivity index (χ0v) is 29.2. The molecule has 0 aliphatic carbocycles. The van der Waals surface area contributed by atoms with Gasteiger partial charge < -0.3 is 19.3 Å². The Kier molecular flexibility index (Phi) is 7.43. The van der Waals surface area contributed by atoms with Crippen LogP contribution < -0.4 is 35.7 Å². The van der Waals surface area contributed by atoms with Gasteiger partial charge in [0.05, 0.1) is 11.4 Å². The summed E-state index contributed by atoms with van der Waals surface area (Å²) >= 11 is 0. The summed E-state index contributed by atoms with van der Waals surface area (Å²) in [6.07, 6.45) is 0. The van der Waals surface area contributed by atoms with Gasteiger partial charge in [-0.25, -0.2) is 0 Å². The first-order chi connectivity index (χ1) is 24.9. The maximum atomic E-state index is 7.08. The Morgan fingerprint density at radius 2 is 0.706 bits per heavy atom. The molecule has 0 radical (unpaired) electrons. The molecule has 2 aliphatic rings. The van der Waals surface area contributed by atoms with Crippen molar-refractivity contribution in [2.24, 2.45) is 0 Å². The van der Waals surface area contributed by atoms with Crippen LogP contribution in [0, 0.1) is 27.7 Å². The minimum Gasteiger partial charge on any atom is -0.456 e. The number of para-hydroxylation sites is 2. The van der Waals surface area contributed by atoms with Crippen molar-refractivity contribution < 1.29 is 9.47 Å². The average molecular weight is 661 g/mol. The number of ether oxygens (including phenoxy) is 2. The van der Waals surface area contributed by atoms with E-state index in [1.54, 1.807) is 0 Å². The molecule has 0 saturated carbocycles. The van der Waals surface area contributed by atoms with Gasteiger partial charge >= 0.3 is 0 Å². The van der Waals surface area contributed by atoms with E-state index in [2.05, 4.69) is 189 Å². The van der Waals surface area contributed by atoms with Gasteiger partial charge in [-0.2, -0.15) is 0 Å². The fourth-order valence-corrected chi connectivity index (χ4v) is 7.40. The quantitative estimate of drug-likeness (QED) is 0.166. The smallest absolute Gasteiger partial charge is 0.260 e. The van der Waals surface area contributed by atoms with Gasteiger partial charge in [0, 0.05) is 28.2 Å². The maximum Gasteiger partial charge on any atom is 0.260 e. The number of fused-ring (bicyclic) bond motifs is 4. The molecule has 2 heterocycles. The summed E-state index contributed by atoms with van der Waals surface area (Å²) in [4.78, 5) is 4.65. The van der Waals surface area contributed by atoms with Crippen LogP contribution in [-0.2, 0) is 0 Å². The van der Waals surface area contributed by atoms with Crippen LogP contribution in [0.1, 0.15) is 22.3 Å². The molecule has 4 nitrogen and oxygen atoms in total. The highest BCUT2D eigenvalue weighted by Gasteiger charge is 2.44. The molecule has 5 heteroatoms. The van der Waals surface area contributed by atoms with Crippen LogP contribution in [0.4, 0.5) is 34.1 Å². The lowest BCUT2D eigenvalue weighted by Crippen LogP contribution is -2.57. The Bertz CT molecular complexity index is 2150. The Balaban J connectivity index is 1.41. The van der Waals surface area contributed by atoms with E-state index < -0.39 is 0 Å². The van der Waals surface area contributed by atoms with E-state index in [9.17, 15) is 0 Å². The molecule has 7 aromatic carbocycles. The lowest BCUT2D eigenvalue weighted by Gasteiger charge is -2.39. The fraction of sp³-hybridized carbons (Fsp3) is 0.0870. The Hall–Kier alpha value is -6.20. The van der Waals surface area contributed by atoms with Gasteiger partial charge in [-0.3, -0.25) is 0 Å². The highest BCUT2D eigenvalue weighted by atomic mass is 16.5. The molecule has 0 bridgehead atoms. The monoisotopic (exact) mass is 660 g/mol. The van der Waals surface area contributed by atoms with Crippen LogP contribution in [0.15, 0.2) is 152 Å². The minimum atomic E-state index is -0.0978. The number of rotatable bonds is 6. The van der Waals surface area contributed by atoms with Gasteiger partial charge in [0.15, 0.2) is 11.5 Å². The molecular formula is C46H37BN2O2. The molecule has 9 rings (SSSR count). The summed E-state index contributed by atoms with van der Waals surface area (Å²) in [7, 11) is 0. The van der Waals surface area contributed by atoms with Gasteiger partial charge in [-0.15, -0.1) is 0 Å². The Morgan fingerprint density at radius 1 is 0.392 bits per heavy atom. The van der Waals surface area contributed by atoms with Crippen LogP contribution in [0.5, 0.6) is 23.0 Å². The highest BCUT2D eigenvalue weighted by Crippen LogP contribution is 2.52. The number of anilines is 6. The van der Waals surface area contributed by atoms with Crippen molar-refractivity contribution in [3.63, 3.8) is 0 Å². The molecule has 0 saturated heterocycles. The second-order valence-electron chi connectivity index (χ2n) is 13.7. The largest absolute Gasteiger partial charge is 0.456 e. The van der Waals surface area contributed by atoms with Crippen molar-refractivity contribution in [2.75, 3.05) is 9.80 Å². The molecule has 51 heavy (non-hydrogen) atoms. The second kappa shape index (κ2) is 12.3. The summed E-state index contributed by atoms with van der Waals surface area (Å²) in [6, 6.07) is 54.0. The number of benzene rings is 7. The molecule has 0 atom stereocenters. The van der Waals surface area contributed by atoms with E-state index in [0.29, 0.717) is 0 Å². The van der Waals surface area contributed by atoms with Crippen molar-refractivity contribution in [2.45, 2.75) is 27.7 Å². The van der Waals surface area contributed by atoms with Gasteiger partial charge in [0.2, 0.25) is 0 Å². The molecule has 2 aliphatic heterocycles. The number of hydrogen-bond donors (Lipinski definition) is 0. The molecule has 0 aromatic heterocycles. The third kappa shape index (κ3) is 5.33. The summed E-state index contributed by atoms with van der Waals surface area (Å²) < 4.78 is 14.2. The van der Waals surface area contributed by atoms with Crippen LogP contribution in [0.2, 0.25) is 0 Å².